The summed E-state index contributed by atoms with van der Waals surface area (Å²) in [5, 5.41) is 11.2. The number of rotatable bonds is 10. The number of amides is 1. The van der Waals surface area contributed by atoms with Gasteiger partial charge in [-0.15, -0.1) is 0 Å². The fourth-order valence-electron chi connectivity index (χ4n) is 4.00. The highest BCUT2D eigenvalue weighted by atomic mass is 16.5. The third kappa shape index (κ3) is 4.65. The fraction of sp³-hybridized carbons (Fsp3) is 0.360. The second kappa shape index (κ2) is 10.9. The van der Waals surface area contributed by atoms with Crippen molar-refractivity contribution in [1.29, 1.82) is 0 Å². The number of carbonyl (C=O) groups excluding carboxylic acids is 2. The van der Waals surface area contributed by atoms with E-state index in [0.717, 1.165) is 0 Å². The van der Waals surface area contributed by atoms with Gasteiger partial charge in [0.15, 0.2) is 11.5 Å². The molecule has 1 heterocycles. The number of ketones is 1. The Morgan fingerprint density at radius 1 is 0.912 bits per heavy atom. The van der Waals surface area contributed by atoms with Crippen molar-refractivity contribution in [3.63, 3.8) is 0 Å². The molecule has 1 fully saturated rings. The van der Waals surface area contributed by atoms with E-state index >= 15 is 0 Å². The van der Waals surface area contributed by atoms with Crippen molar-refractivity contribution in [2.75, 3.05) is 48.7 Å². The van der Waals surface area contributed by atoms with Gasteiger partial charge >= 0.3 is 0 Å². The number of benzene rings is 2. The summed E-state index contributed by atoms with van der Waals surface area (Å²) in [6.07, 6.45) is 0.507. The number of likely N-dealkylation sites (tertiary alicyclic amines) is 1. The highest BCUT2D eigenvalue weighted by Crippen LogP contribution is 2.45. The van der Waals surface area contributed by atoms with Crippen LogP contribution in [0.4, 0.5) is 0 Å². The standard InChI is InChI=1S/C25H29NO8/c1-30-12-6-11-26-21(16-13-18(32-3)24(34-5)19(14-16)33-4)20(23(28)25(26)29)22(27)15-7-9-17(31-2)10-8-15/h7-10,13-14,21,27H,6,11-12H2,1-5H3/b22-20+/t21-/m1/s1. The molecule has 1 N–H and O–H groups in total. The van der Waals surface area contributed by atoms with Gasteiger partial charge in [-0.1, -0.05) is 0 Å². The number of hydrogen-bond acceptors (Lipinski definition) is 8. The van der Waals surface area contributed by atoms with Gasteiger partial charge in [0.2, 0.25) is 5.75 Å². The van der Waals surface area contributed by atoms with Crippen molar-refractivity contribution in [3.8, 4) is 23.0 Å². The molecular formula is C25H29NO8. The second-order valence-corrected chi connectivity index (χ2v) is 7.53. The molecule has 0 aliphatic carbocycles. The first-order valence-electron chi connectivity index (χ1n) is 10.6. The molecule has 0 spiro atoms. The summed E-state index contributed by atoms with van der Waals surface area (Å²) >= 11 is 0. The largest absolute Gasteiger partial charge is 0.507 e. The summed E-state index contributed by atoms with van der Waals surface area (Å²) in [6.45, 7) is 0.655. The van der Waals surface area contributed by atoms with Gasteiger partial charge in [0, 0.05) is 25.8 Å². The average Bonchev–Trinajstić information content (AvgIpc) is 3.12. The van der Waals surface area contributed by atoms with Crippen LogP contribution in [0, 0.1) is 0 Å². The third-order valence-electron chi connectivity index (χ3n) is 5.65. The molecule has 1 atom stereocenters. The first kappa shape index (κ1) is 24.9. The van der Waals surface area contributed by atoms with Crippen LogP contribution in [-0.4, -0.2) is 70.4 Å². The number of aliphatic hydroxyl groups excluding tert-OH is 1. The number of methoxy groups -OCH3 is 5. The van der Waals surface area contributed by atoms with Gasteiger partial charge in [-0.3, -0.25) is 9.59 Å². The minimum Gasteiger partial charge on any atom is -0.507 e. The molecular weight excluding hydrogens is 442 g/mol. The van der Waals surface area contributed by atoms with Crippen LogP contribution in [0.5, 0.6) is 23.0 Å². The van der Waals surface area contributed by atoms with Crippen LogP contribution in [0.1, 0.15) is 23.6 Å². The molecule has 0 saturated carbocycles. The minimum atomic E-state index is -0.868. The maximum atomic E-state index is 13.1. The molecule has 1 aliphatic rings. The quantitative estimate of drug-likeness (QED) is 0.244. The van der Waals surface area contributed by atoms with Crippen LogP contribution in [0.15, 0.2) is 42.0 Å². The average molecular weight is 472 g/mol. The molecule has 1 saturated heterocycles. The number of nitrogens with zero attached hydrogens (tertiary/aromatic N) is 1. The zero-order chi connectivity index (χ0) is 24.8. The van der Waals surface area contributed by atoms with Gasteiger partial charge in [-0.25, -0.2) is 0 Å². The van der Waals surface area contributed by atoms with Gasteiger partial charge in [-0.2, -0.15) is 0 Å². The van der Waals surface area contributed by atoms with E-state index in [1.807, 2.05) is 0 Å². The molecule has 9 heteroatoms. The molecule has 2 aromatic carbocycles. The van der Waals surface area contributed by atoms with E-state index in [-0.39, 0.29) is 17.9 Å². The Morgan fingerprint density at radius 2 is 1.53 bits per heavy atom. The fourth-order valence-corrected chi connectivity index (χ4v) is 4.00. The van der Waals surface area contributed by atoms with Crippen molar-refractivity contribution >= 4 is 17.4 Å². The van der Waals surface area contributed by atoms with Crippen molar-refractivity contribution in [2.24, 2.45) is 0 Å². The summed E-state index contributed by atoms with van der Waals surface area (Å²) in [7, 11) is 7.54. The maximum absolute atomic E-state index is 13.1. The van der Waals surface area contributed by atoms with Gasteiger partial charge in [0.1, 0.15) is 11.5 Å². The van der Waals surface area contributed by atoms with Gasteiger partial charge < -0.3 is 33.7 Å². The highest BCUT2D eigenvalue weighted by molar-refractivity contribution is 6.46. The predicted octanol–water partition coefficient (Wildman–Crippen LogP) is 3.18. The molecule has 0 radical (unpaired) electrons. The molecule has 1 amide bonds. The summed E-state index contributed by atoms with van der Waals surface area (Å²) in [4.78, 5) is 27.6. The number of hydrogen-bond donors (Lipinski definition) is 1. The molecule has 0 bridgehead atoms. The number of aliphatic hydroxyl groups is 1. The maximum Gasteiger partial charge on any atom is 0.295 e. The van der Waals surface area contributed by atoms with Gasteiger partial charge in [0.25, 0.3) is 11.7 Å². The van der Waals surface area contributed by atoms with Gasteiger partial charge in [-0.05, 0) is 48.4 Å². The number of ether oxygens (including phenoxy) is 5. The van der Waals surface area contributed by atoms with E-state index in [0.29, 0.717) is 47.2 Å². The van der Waals surface area contributed by atoms with Crippen LogP contribution in [0.3, 0.4) is 0 Å². The minimum absolute atomic E-state index is 0.0261. The predicted molar refractivity (Wildman–Crippen MR) is 125 cm³/mol. The lowest BCUT2D eigenvalue weighted by atomic mass is 9.94. The summed E-state index contributed by atoms with van der Waals surface area (Å²) in [6, 6.07) is 9.05. The first-order chi connectivity index (χ1) is 16.4. The molecule has 3 rings (SSSR count). The van der Waals surface area contributed by atoms with Crippen molar-refractivity contribution < 1.29 is 38.4 Å². The Labute approximate surface area is 198 Å². The van der Waals surface area contributed by atoms with E-state index < -0.39 is 17.7 Å². The Hall–Kier alpha value is -3.72. The van der Waals surface area contributed by atoms with E-state index in [2.05, 4.69) is 0 Å². The molecule has 0 aromatic heterocycles. The zero-order valence-electron chi connectivity index (χ0n) is 19.9. The van der Waals surface area contributed by atoms with Crippen molar-refractivity contribution in [3.05, 3.63) is 53.1 Å². The molecule has 9 nitrogen and oxygen atoms in total. The molecule has 182 valence electrons. The summed E-state index contributed by atoms with van der Waals surface area (Å²) in [5.41, 5.74) is 0.885. The summed E-state index contributed by atoms with van der Waals surface area (Å²) < 4.78 is 26.6. The topological polar surface area (TPSA) is 104 Å². The van der Waals surface area contributed by atoms with E-state index in [1.54, 1.807) is 43.5 Å². The Kier molecular flexibility index (Phi) is 8.01. The molecule has 1 aliphatic heterocycles. The van der Waals surface area contributed by atoms with E-state index in [4.69, 9.17) is 23.7 Å². The SMILES string of the molecule is COCCCN1C(=O)C(=O)/C(=C(/O)c2ccc(OC)cc2)[C@H]1c1cc(OC)c(OC)c(OC)c1. The van der Waals surface area contributed by atoms with E-state index in [1.165, 1.54) is 33.3 Å². The lowest BCUT2D eigenvalue weighted by Gasteiger charge is -2.26. The normalized spacial score (nSPS) is 17.1. The van der Waals surface area contributed by atoms with Crippen LogP contribution in [0.2, 0.25) is 0 Å². The number of Topliss-reactive ketones (excluding diaryl/α,β-unsaturated/α-hetero) is 1. The Bertz CT molecular complexity index is 1050. The number of carbonyl (C=O) groups is 2. The lowest BCUT2D eigenvalue weighted by molar-refractivity contribution is -0.140. The van der Waals surface area contributed by atoms with Crippen LogP contribution in [0.25, 0.3) is 5.76 Å². The lowest BCUT2D eigenvalue weighted by Crippen LogP contribution is -2.31. The smallest absolute Gasteiger partial charge is 0.295 e. The Morgan fingerprint density at radius 3 is 2.03 bits per heavy atom. The highest BCUT2D eigenvalue weighted by Gasteiger charge is 2.46. The first-order valence-corrected chi connectivity index (χ1v) is 10.6. The second-order valence-electron chi connectivity index (χ2n) is 7.53. The van der Waals surface area contributed by atoms with Crippen LogP contribution < -0.4 is 18.9 Å². The van der Waals surface area contributed by atoms with Crippen molar-refractivity contribution in [1.82, 2.24) is 4.90 Å². The summed E-state index contributed by atoms with van der Waals surface area (Å²) in [5.74, 6) is -0.0612. The molecule has 34 heavy (non-hydrogen) atoms. The van der Waals surface area contributed by atoms with Crippen LogP contribution in [-0.2, 0) is 14.3 Å². The zero-order valence-corrected chi connectivity index (χ0v) is 19.9. The monoisotopic (exact) mass is 471 g/mol. The molecule has 0 unspecified atom stereocenters. The van der Waals surface area contributed by atoms with Crippen LogP contribution >= 0.6 is 0 Å². The molecule has 2 aromatic rings. The Balaban J connectivity index is 2.21. The van der Waals surface area contributed by atoms with Crippen molar-refractivity contribution in [2.45, 2.75) is 12.5 Å². The third-order valence-corrected chi connectivity index (χ3v) is 5.65. The van der Waals surface area contributed by atoms with E-state index in [9.17, 15) is 14.7 Å². The van der Waals surface area contributed by atoms with Gasteiger partial charge in [0.05, 0.1) is 40.1 Å².